The SMILES string of the molecule is CCOC(=O)c1cnc(Cl)nc1N(C)c1cnn(C)c1. The third-order valence-electron chi connectivity index (χ3n) is 2.63. The minimum atomic E-state index is -0.491. The maximum atomic E-state index is 11.9. The van der Waals surface area contributed by atoms with Crippen molar-refractivity contribution in [1.29, 1.82) is 0 Å². The fraction of sp³-hybridized carbons (Fsp3) is 0.333. The van der Waals surface area contributed by atoms with Gasteiger partial charge in [-0.05, 0) is 18.5 Å². The second kappa shape index (κ2) is 5.87. The zero-order valence-electron chi connectivity index (χ0n) is 11.4. The van der Waals surface area contributed by atoms with Gasteiger partial charge in [0.1, 0.15) is 5.56 Å². The molecule has 2 aromatic heterocycles. The Balaban J connectivity index is 2.43. The number of aromatic nitrogens is 4. The number of rotatable bonds is 4. The highest BCUT2D eigenvalue weighted by molar-refractivity contribution is 6.28. The quantitative estimate of drug-likeness (QED) is 0.633. The van der Waals surface area contributed by atoms with Gasteiger partial charge >= 0.3 is 5.97 Å². The molecule has 0 aromatic carbocycles. The van der Waals surface area contributed by atoms with Gasteiger partial charge < -0.3 is 9.64 Å². The molecule has 2 aromatic rings. The van der Waals surface area contributed by atoms with Gasteiger partial charge in [0, 0.05) is 26.5 Å². The summed E-state index contributed by atoms with van der Waals surface area (Å²) >= 11 is 5.81. The van der Waals surface area contributed by atoms with Crippen molar-refractivity contribution in [2.24, 2.45) is 7.05 Å². The largest absolute Gasteiger partial charge is 0.462 e. The molecule has 7 nitrogen and oxygen atoms in total. The number of nitrogens with zero attached hydrogens (tertiary/aromatic N) is 5. The Kier molecular flexibility index (Phi) is 4.19. The van der Waals surface area contributed by atoms with Gasteiger partial charge in [0.05, 0.1) is 18.5 Å². The molecule has 2 heterocycles. The van der Waals surface area contributed by atoms with Crippen LogP contribution in [0.1, 0.15) is 17.3 Å². The van der Waals surface area contributed by atoms with Crippen LogP contribution in [0.2, 0.25) is 5.28 Å². The lowest BCUT2D eigenvalue weighted by Crippen LogP contribution is -2.17. The number of anilines is 2. The van der Waals surface area contributed by atoms with Crippen molar-refractivity contribution in [1.82, 2.24) is 19.7 Å². The Bertz CT molecular complexity index is 628. The Morgan fingerprint density at radius 3 is 2.85 bits per heavy atom. The van der Waals surface area contributed by atoms with Crippen LogP contribution in [-0.4, -0.2) is 39.4 Å². The first kappa shape index (κ1) is 14.3. The first-order valence-corrected chi connectivity index (χ1v) is 6.32. The molecule has 0 unspecified atom stereocenters. The second-order valence-corrected chi connectivity index (χ2v) is 4.37. The third-order valence-corrected chi connectivity index (χ3v) is 2.81. The van der Waals surface area contributed by atoms with E-state index in [2.05, 4.69) is 15.1 Å². The van der Waals surface area contributed by atoms with Crippen LogP contribution in [0, 0.1) is 0 Å². The molecule has 0 saturated carbocycles. The van der Waals surface area contributed by atoms with Crippen LogP contribution < -0.4 is 4.90 Å². The lowest BCUT2D eigenvalue weighted by Gasteiger charge is -2.18. The van der Waals surface area contributed by atoms with E-state index in [4.69, 9.17) is 16.3 Å². The molecule has 20 heavy (non-hydrogen) atoms. The summed E-state index contributed by atoms with van der Waals surface area (Å²) in [5, 5.41) is 4.14. The maximum Gasteiger partial charge on any atom is 0.343 e. The Hall–Kier alpha value is -2.15. The van der Waals surface area contributed by atoms with Gasteiger partial charge in [-0.3, -0.25) is 4.68 Å². The molecule has 0 aliphatic rings. The van der Waals surface area contributed by atoms with E-state index in [-0.39, 0.29) is 17.5 Å². The zero-order valence-corrected chi connectivity index (χ0v) is 12.1. The van der Waals surface area contributed by atoms with Crippen molar-refractivity contribution in [3.05, 3.63) is 29.4 Å². The smallest absolute Gasteiger partial charge is 0.343 e. The van der Waals surface area contributed by atoms with Gasteiger partial charge in [-0.15, -0.1) is 0 Å². The predicted molar refractivity (Wildman–Crippen MR) is 74.3 cm³/mol. The summed E-state index contributed by atoms with van der Waals surface area (Å²) in [6.07, 6.45) is 4.81. The van der Waals surface area contributed by atoms with E-state index in [1.165, 1.54) is 6.20 Å². The lowest BCUT2D eigenvalue weighted by atomic mass is 10.3. The molecule has 2 rings (SSSR count). The standard InChI is InChI=1S/C12H14ClN5O2/c1-4-20-11(19)9-6-14-12(13)16-10(9)18(3)8-5-15-17(2)7-8/h5-7H,4H2,1-3H3. The van der Waals surface area contributed by atoms with Crippen LogP contribution >= 0.6 is 11.6 Å². The normalized spacial score (nSPS) is 10.4. The molecular formula is C12H14ClN5O2. The molecule has 0 bridgehead atoms. The number of aryl methyl sites for hydroxylation is 1. The molecule has 0 aliphatic carbocycles. The van der Waals surface area contributed by atoms with Crippen molar-refractivity contribution in [3.8, 4) is 0 Å². The summed E-state index contributed by atoms with van der Waals surface area (Å²) in [4.78, 5) is 21.6. The van der Waals surface area contributed by atoms with Crippen LogP contribution in [0.25, 0.3) is 0 Å². The number of carbonyl (C=O) groups excluding carboxylic acids is 1. The van der Waals surface area contributed by atoms with E-state index in [0.29, 0.717) is 5.82 Å². The van der Waals surface area contributed by atoms with Gasteiger partial charge in [0.2, 0.25) is 5.28 Å². The topological polar surface area (TPSA) is 73.1 Å². The van der Waals surface area contributed by atoms with Crippen molar-refractivity contribution < 1.29 is 9.53 Å². The molecule has 0 N–H and O–H groups in total. The highest BCUT2D eigenvalue weighted by atomic mass is 35.5. The van der Waals surface area contributed by atoms with E-state index >= 15 is 0 Å². The second-order valence-electron chi connectivity index (χ2n) is 4.03. The summed E-state index contributed by atoms with van der Waals surface area (Å²) in [6, 6.07) is 0. The molecule has 8 heteroatoms. The Morgan fingerprint density at radius 2 is 2.25 bits per heavy atom. The van der Waals surface area contributed by atoms with E-state index in [9.17, 15) is 4.79 Å². The zero-order chi connectivity index (χ0) is 14.7. The summed E-state index contributed by atoms with van der Waals surface area (Å²) < 4.78 is 6.64. The highest BCUT2D eigenvalue weighted by Gasteiger charge is 2.20. The van der Waals surface area contributed by atoms with Gasteiger partial charge in [0.15, 0.2) is 5.82 Å². The first-order chi connectivity index (χ1) is 9.52. The number of esters is 1. The summed E-state index contributed by atoms with van der Waals surface area (Å²) in [7, 11) is 3.56. The van der Waals surface area contributed by atoms with Crippen molar-refractivity contribution in [2.75, 3.05) is 18.6 Å². The average Bonchev–Trinajstić information content (AvgIpc) is 2.84. The molecule has 0 amide bonds. The fourth-order valence-electron chi connectivity index (χ4n) is 1.66. The van der Waals surface area contributed by atoms with E-state index in [1.54, 1.807) is 43.0 Å². The Morgan fingerprint density at radius 1 is 1.50 bits per heavy atom. The molecule has 106 valence electrons. The number of ether oxygens (including phenoxy) is 1. The van der Waals surface area contributed by atoms with Crippen LogP contribution in [0.3, 0.4) is 0 Å². The van der Waals surface area contributed by atoms with Gasteiger partial charge in [-0.25, -0.2) is 9.78 Å². The fourth-order valence-corrected chi connectivity index (χ4v) is 1.79. The van der Waals surface area contributed by atoms with Crippen LogP contribution in [0.4, 0.5) is 11.5 Å². The summed E-state index contributed by atoms with van der Waals surface area (Å²) in [5.74, 6) is -0.119. The van der Waals surface area contributed by atoms with Crippen LogP contribution in [-0.2, 0) is 11.8 Å². The number of carbonyl (C=O) groups is 1. The van der Waals surface area contributed by atoms with E-state index < -0.39 is 5.97 Å². The van der Waals surface area contributed by atoms with Crippen LogP contribution in [0.15, 0.2) is 18.6 Å². The molecule has 0 saturated heterocycles. The molecular weight excluding hydrogens is 282 g/mol. The van der Waals surface area contributed by atoms with Crippen LogP contribution in [0.5, 0.6) is 0 Å². The molecule has 0 radical (unpaired) electrons. The number of hydrogen-bond donors (Lipinski definition) is 0. The van der Waals surface area contributed by atoms with E-state index in [0.717, 1.165) is 5.69 Å². The van der Waals surface area contributed by atoms with E-state index in [1.807, 2.05) is 0 Å². The maximum absolute atomic E-state index is 11.9. The minimum Gasteiger partial charge on any atom is -0.462 e. The van der Waals surface area contributed by atoms with Crippen molar-refractivity contribution >= 4 is 29.1 Å². The van der Waals surface area contributed by atoms with Crippen molar-refractivity contribution in [3.63, 3.8) is 0 Å². The molecule has 0 spiro atoms. The van der Waals surface area contributed by atoms with Gasteiger partial charge in [-0.1, -0.05) is 0 Å². The molecule has 0 fully saturated rings. The van der Waals surface area contributed by atoms with Gasteiger partial charge in [-0.2, -0.15) is 10.1 Å². The lowest BCUT2D eigenvalue weighted by molar-refractivity contribution is 0.0526. The third kappa shape index (κ3) is 2.88. The Labute approximate surface area is 121 Å². The first-order valence-electron chi connectivity index (χ1n) is 5.95. The minimum absolute atomic E-state index is 0.0591. The predicted octanol–water partition coefficient (Wildman–Crippen LogP) is 1.81. The summed E-state index contributed by atoms with van der Waals surface area (Å²) in [6.45, 7) is 2.01. The number of hydrogen-bond acceptors (Lipinski definition) is 6. The highest BCUT2D eigenvalue weighted by Crippen LogP contribution is 2.25. The average molecular weight is 296 g/mol. The molecule has 0 atom stereocenters. The van der Waals surface area contributed by atoms with Crippen molar-refractivity contribution in [2.45, 2.75) is 6.92 Å². The number of halogens is 1. The monoisotopic (exact) mass is 295 g/mol. The molecule has 0 aliphatic heterocycles. The van der Waals surface area contributed by atoms with Gasteiger partial charge in [0.25, 0.3) is 0 Å². The summed E-state index contributed by atoms with van der Waals surface area (Å²) in [5.41, 5.74) is 1.02.